The van der Waals surface area contributed by atoms with Crippen LogP contribution < -0.4 is 4.74 Å². The standard InChI is InChI=1S/C12H13BrO3/c13-8-3-9-16-11-5-2-1-4-10(11)6-7-12(14)15/h1-2,4-7H,3,8-9H2,(H,14,15)/b7-6+. The van der Waals surface area contributed by atoms with Gasteiger partial charge in [-0.2, -0.15) is 0 Å². The summed E-state index contributed by atoms with van der Waals surface area (Å²) in [4.78, 5) is 10.4. The Bertz CT molecular complexity index is 374. The molecular formula is C12H13BrO3. The second kappa shape index (κ2) is 7.06. The van der Waals surface area contributed by atoms with Gasteiger partial charge in [-0.05, 0) is 18.6 Å². The summed E-state index contributed by atoms with van der Waals surface area (Å²) in [6, 6.07) is 7.36. The number of carbonyl (C=O) groups is 1. The van der Waals surface area contributed by atoms with Crippen molar-refractivity contribution in [3.63, 3.8) is 0 Å². The Kier molecular flexibility index (Phi) is 5.64. The van der Waals surface area contributed by atoms with E-state index in [1.807, 2.05) is 24.3 Å². The number of halogens is 1. The molecule has 0 aliphatic carbocycles. The molecule has 16 heavy (non-hydrogen) atoms. The van der Waals surface area contributed by atoms with Gasteiger partial charge in [0.2, 0.25) is 0 Å². The monoisotopic (exact) mass is 284 g/mol. The maximum atomic E-state index is 10.4. The van der Waals surface area contributed by atoms with Gasteiger partial charge in [0.25, 0.3) is 0 Å². The molecule has 0 aliphatic heterocycles. The van der Waals surface area contributed by atoms with Crippen LogP contribution in [0.3, 0.4) is 0 Å². The van der Waals surface area contributed by atoms with Crippen LogP contribution in [-0.4, -0.2) is 23.0 Å². The van der Waals surface area contributed by atoms with E-state index in [0.29, 0.717) is 12.4 Å². The van der Waals surface area contributed by atoms with Crippen LogP contribution in [0, 0.1) is 0 Å². The first-order valence-electron chi connectivity index (χ1n) is 4.93. The minimum Gasteiger partial charge on any atom is -0.493 e. The van der Waals surface area contributed by atoms with Crippen LogP contribution in [0.25, 0.3) is 6.08 Å². The van der Waals surface area contributed by atoms with E-state index in [2.05, 4.69) is 15.9 Å². The zero-order valence-corrected chi connectivity index (χ0v) is 10.3. The number of ether oxygens (including phenoxy) is 1. The molecule has 0 aromatic heterocycles. The highest BCUT2D eigenvalue weighted by molar-refractivity contribution is 9.09. The first-order valence-corrected chi connectivity index (χ1v) is 6.05. The van der Waals surface area contributed by atoms with E-state index in [-0.39, 0.29) is 0 Å². The number of hydrogen-bond acceptors (Lipinski definition) is 2. The molecule has 1 aromatic carbocycles. The lowest BCUT2D eigenvalue weighted by atomic mass is 10.2. The molecule has 1 aromatic rings. The molecule has 86 valence electrons. The number of carboxylic acid groups (broad SMARTS) is 1. The topological polar surface area (TPSA) is 46.5 Å². The zero-order chi connectivity index (χ0) is 11.8. The van der Waals surface area contributed by atoms with Crippen LogP contribution in [-0.2, 0) is 4.79 Å². The van der Waals surface area contributed by atoms with Gasteiger partial charge in [0.1, 0.15) is 5.75 Å². The normalized spacial score (nSPS) is 10.6. The second-order valence-corrected chi connectivity index (χ2v) is 3.89. The summed E-state index contributed by atoms with van der Waals surface area (Å²) in [7, 11) is 0. The number of benzene rings is 1. The molecule has 0 saturated heterocycles. The Hall–Kier alpha value is -1.29. The number of hydrogen-bond donors (Lipinski definition) is 1. The molecule has 0 fully saturated rings. The van der Waals surface area contributed by atoms with E-state index in [4.69, 9.17) is 9.84 Å². The van der Waals surface area contributed by atoms with Crippen molar-refractivity contribution >= 4 is 28.0 Å². The quantitative estimate of drug-likeness (QED) is 0.496. The van der Waals surface area contributed by atoms with Gasteiger partial charge in [0.15, 0.2) is 0 Å². The Morgan fingerprint density at radius 3 is 2.88 bits per heavy atom. The minimum atomic E-state index is -0.963. The van der Waals surface area contributed by atoms with Crippen molar-refractivity contribution in [2.45, 2.75) is 6.42 Å². The Balaban J connectivity index is 2.71. The summed E-state index contributed by atoms with van der Waals surface area (Å²) in [5.74, 6) is -0.254. The van der Waals surface area contributed by atoms with Gasteiger partial charge in [-0.1, -0.05) is 34.1 Å². The Morgan fingerprint density at radius 1 is 1.44 bits per heavy atom. The number of carboxylic acids is 1. The lowest BCUT2D eigenvalue weighted by molar-refractivity contribution is -0.131. The highest BCUT2D eigenvalue weighted by atomic mass is 79.9. The first-order chi connectivity index (χ1) is 7.74. The van der Waals surface area contributed by atoms with Gasteiger partial charge in [0, 0.05) is 17.0 Å². The fourth-order valence-corrected chi connectivity index (χ4v) is 1.38. The third-order valence-corrected chi connectivity index (χ3v) is 2.42. The van der Waals surface area contributed by atoms with Gasteiger partial charge in [-0.25, -0.2) is 4.79 Å². The van der Waals surface area contributed by atoms with Crippen LogP contribution in [0.5, 0.6) is 5.75 Å². The van der Waals surface area contributed by atoms with Gasteiger partial charge >= 0.3 is 5.97 Å². The average Bonchev–Trinajstić information content (AvgIpc) is 2.28. The van der Waals surface area contributed by atoms with Crippen molar-refractivity contribution in [2.75, 3.05) is 11.9 Å². The van der Waals surface area contributed by atoms with Crippen molar-refractivity contribution in [1.29, 1.82) is 0 Å². The number of para-hydroxylation sites is 1. The zero-order valence-electron chi connectivity index (χ0n) is 8.73. The van der Waals surface area contributed by atoms with Gasteiger partial charge in [0.05, 0.1) is 6.61 Å². The molecule has 0 aliphatic rings. The molecular weight excluding hydrogens is 272 g/mol. The van der Waals surface area contributed by atoms with E-state index >= 15 is 0 Å². The molecule has 0 atom stereocenters. The van der Waals surface area contributed by atoms with Gasteiger partial charge < -0.3 is 9.84 Å². The average molecular weight is 285 g/mol. The Labute approximate surface area is 103 Å². The maximum absolute atomic E-state index is 10.4. The SMILES string of the molecule is O=C(O)/C=C/c1ccccc1OCCCBr. The second-order valence-electron chi connectivity index (χ2n) is 3.10. The van der Waals surface area contributed by atoms with E-state index in [9.17, 15) is 4.79 Å². The molecule has 3 nitrogen and oxygen atoms in total. The van der Waals surface area contributed by atoms with Gasteiger partial charge in [-0.3, -0.25) is 0 Å². The molecule has 0 bridgehead atoms. The molecule has 1 rings (SSSR count). The molecule has 4 heteroatoms. The molecule has 0 unspecified atom stereocenters. The summed E-state index contributed by atoms with van der Waals surface area (Å²) in [5, 5.41) is 9.44. The number of rotatable bonds is 6. The van der Waals surface area contributed by atoms with E-state index in [0.717, 1.165) is 23.4 Å². The van der Waals surface area contributed by atoms with Crippen molar-refractivity contribution in [3.8, 4) is 5.75 Å². The summed E-state index contributed by atoms with van der Waals surface area (Å²) in [5.41, 5.74) is 0.777. The van der Waals surface area contributed by atoms with Crippen molar-refractivity contribution < 1.29 is 14.6 Å². The maximum Gasteiger partial charge on any atom is 0.328 e. The predicted molar refractivity (Wildman–Crippen MR) is 67.0 cm³/mol. The summed E-state index contributed by atoms with van der Waals surface area (Å²) in [6.45, 7) is 0.614. The first kappa shape index (κ1) is 12.8. The van der Waals surface area contributed by atoms with Crippen LogP contribution in [0.2, 0.25) is 0 Å². The summed E-state index contributed by atoms with van der Waals surface area (Å²) >= 11 is 3.32. The summed E-state index contributed by atoms with van der Waals surface area (Å²) in [6.07, 6.45) is 3.55. The van der Waals surface area contributed by atoms with Gasteiger partial charge in [-0.15, -0.1) is 0 Å². The number of alkyl halides is 1. The molecule has 0 radical (unpaired) electrons. The predicted octanol–water partition coefficient (Wildman–Crippen LogP) is 2.95. The highest BCUT2D eigenvalue weighted by Gasteiger charge is 1.99. The third-order valence-electron chi connectivity index (χ3n) is 1.86. The molecule has 0 saturated carbocycles. The fraction of sp³-hybridized carbons (Fsp3) is 0.250. The minimum absolute atomic E-state index is 0.614. The van der Waals surface area contributed by atoms with Crippen LogP contribution in [0.4, 0.5) is 0 Å². The fourth-order valence-electron chi connectivity index (χ4n) is 1.15. The van der Waals surface area contributed by atoms with Crippen molar-refractivity contribution in [1.82, 2.24) is 0 Å². The van der Waals surface area contributed by atoms with E-state index < -0.39 is 5.97 Å². The number of aliphatic carboxylic acids is 1. The molecule has 1 N–H and O–H groups in total. The van der Waals surface area contributed by atoms with E-state index in [1.54, 1.807) is 0 Å². The molecule has 0 spiro atoms. The lowest BCUT2D eigenvalue weighted by Gasteiger charge is -2.07. The lowest BCUT2D eigenvalue weighted by Crippen LogP contribution is -1.99. The van der Waals surface area contributed by atoms with Crippen LogP contribution in [0.1, 0.15) is 12.0 Å². The largest absolute Gasteiger partial charge is 0.493 e. The summed E-state index contributed by atoms with van der Waals surface area (Å²) < 4.78 is 5.54. The Morgan fingerprint density at radius 2 is 2.19 bits per heavy atom. The van der Waals surface area contributed by atoms with Crippen molar-refractivity contribution in [2.24, 2.45) is 0 Å². The van der Waals surface area contributed by atoms with E-state index in [1.165, 1.54) is 6.08 Å². The third kappa shape index (κ3) is 4.49. The molecule has 0 heterocycles. The smallest absolute Gasteiger partial charge is 0.328 e. The van der Waals surface area contributed by atoms with Crippen molar-refractivity contribution in [3.05, 3.63) is 35.9 Å². The highest BCUT2D eigenvalue weighted by Crippen LogP contribution is 2.19. The van der Waals surface area contributed by atoms with Crippen LogP contribution >= 0.6 is 15.9 Å². The molecule has 0 amide bonds. The van der Waals surface area contributed by atoms with Crippen LogP contribution in [0.15, 0.2) is 30.3 Å².